The van der Waals surface area contributed by atoms with Gasteiger partial charge in [0.2, 0.25) is 0 Å². The number of hydrogen-bond acceptors (Lipinski definition) is 3. The highest BCUT2D eigenvalue weighted by Crippen LogP contribution is 2.25. The molecule has 1 aliphatic heterocycles. The Bertz CT molecular complexity index is 803. The fourth-order valence-corrected chi connectivity index (χ4v) is 4.04. The van der Waals surface area contributed by atoms with Crippen molar-refractivity contribution >= 4 is 31.6 Å². The lowest BCUT2D eigenvalue weighted by molar-refractivity contribution is 0.601. The van der Waals surface area contributed by atoms with Crippen LogP contribution in [0, 0.1) is 6.92 Å². The van der Waals surface area contributed by atoms with E-state index in [0.29, 0.717) is 10.6 Å². The minimum atomic E-state index is -3.56. The maximum atomic E-state index is 12.5. The smallest absolute Gasteiger partial charge is 0.261 e. The van der Waals surface area contributed by atoms with Gasteiger partial charge in [-0.2, -0.15) is 0 Å². The first-order valence-electron chi connectivity index (χ1n) is 6.57. The van der Waals surface area contributed by atoms with Crippen LogP contribution >= 0.6 is 15.9 Å². The molecule has 0 fully saturated rings. The lowest BCUT2D eigenvalue weighted by atomic mass is 10.1. The van der Waals surface area contributed by atoms with Gasteiger partial charge in [0.05, 0.1) is 10.6 Å². The summed E-state index contributed by atoms with van der Waals surface area (Å²) < 4.78 is 28.6. The van der Waals surface area contributed by atoms with Crippen LogP contribution < -0.4 is 10.0 Å². The van der Waals surface area contributed by atoms with Crippen LogP contribution in [-0.4, -0.2) is 8.42 Å². The van der Waals surface area contributed by atoms with Gasteiger partial charge in [-0.3, -0.25) is 4.72 Å². The summed E-state index contributed by atoms with van der Waals surface area (Å²) in [5, 5.41) is 3.21. The van der Waals surface area contributed by atoms with Crippen molar-refractivity contribution in [2.45, 2.75) is 24.9 Å². The average Bonchev–Trinajstić information content (AvgIpc) is 2.89. The molecular formula is C15H15BrN2O2S. The van der Waals surface area contributed by atoms with Crippen molar-refractivity contribution in [1.82, 2.24) is 5.32 Å². The van der Waals surface area contributed by atoms with Gasteiger partial charge in [0.25, 0.3) is 10.0 Å². The van der Waals surface area contributed by atoms with Crippen molar-refractivity contribution in [3.63, 3.8) is 0 Å². The van der Waals surface area contributed by atoms with Gasteiger partial charge in [0, 0.05) is 17.6 Å². The maximum absolute atomic E-state index is 12.5. The number of hydrogen-bond donors (Lipinski definition) is 2. The van der Waals surface area contributed by atoms with Crippen LogP contribution in [-0.2, 0) is 23.1 Å². The molecule has 3 rings (SSSR count). The molecule has 0 atom stereocenters. The third-order valence-corrected chi connectivity index (χ3v) is 5.41. The van der Waals surface area contributed by atoms with Crippen molar-refractivity contribution in [2.75, 3.05) is 4.72 Å². The summed E-state index contributed by atoms with van der Waals surface area (Å²) in [5.41, 5.74) is 3.67. The second-order valence-corrected chi connectivity index (χ2v) is 7.70. The Balaban J connectivity index is 1.93. The highest BCUT2D eigenvalue weighted by atomic mass is 79.9. The number of sulfonamides is 1. The first-order chi connectivity index (χ1) is 9.95. The van der Waals surface area contributed by atoms with E-state index in [-0.39, 0.29) is 0 Å². The van der Waals surface area contributed by atoms with Gasteiger partial charge in [-0.15, -0.1) is 0 Å². The molecule has 0 aliphatic carbocycles. The molecule has 21 heavy (non-hydrogen) atoms. The minimum Gasteiger partial charge on any atom is -0.309 e. The summed E-state index contributed by atoms with van der Waals surface area (Å²) >= 11 is 3.37. The Morgan fingerprint density at radius 3 is 2.62 bits per heavy atom. The lowest BCUT2D eigenvalue weighted by Crippen LogP contribution is -2.14. The summed E-state index contributed by atoms with van der Waals surface area (Å²) in [5.74, 6) is 0. The fourth-order valence-electron chi connectivity index (χ4n) is 2.38. The zero-order chi connectivity index (χ0) is 15.0. The molecular weight excluding hydrogens is 352 g/mol. The van der Waals surface area contributed by atoms with Gasteiger partial charge in [-0.1, -0.05) is 22.0 Å². The molecule has 0 saturated heterocycles. The number of rotatable bonds is 3. The van der Waals surface area contributed by atoms with E-state index >= 15 is 0 Å². The number of anilines is 1. The van der Waals surface area contributed by atoms with Crippen molar-refractivity contribution < 1.29 is 8.42 Å². The van der Waals surface area contributed by atoms with Crippen LogP contribution in [0.25, 0.3) is 0 Å². The van der Waals surface area contributed by atoms with E-state index in [0.717, 1.165) is 34.3 Å². The van der Waals surface area contributed by atoms with Crippen LogP contribution in [0.5, 0.6) is 0 Å². The van der Waals surface area contributed by atoms with Gasteiger partial charge in [0.1, 0.15) is 0 Å². The highest BCUT2D eigenvalue weighted by Gasteiger charge is 2.19. The molecule has 0 bridgehead atoms. The topological polar surface area (TPSA) is 58.2 Å². The standard InChI is InChI=1S/C15H15BrN2O2S/c1-10-6-13(16)3-5-15(10)18-21(19,20)14-4-2-11-8-17-9-12(11)7-14/h2-7,17-18H,8-9H2,1H3. The molecule has 1 heterocycles. The zero-order valence-electron chi connectivity index (χ0n) is 11.5. The molecule has 2 aromatic rings. The molecule has 2 N–H and O–H groups in total. The Morgan fingerprint density at radius 2 is 1.86 bits per heavy atom. The van der Waals surface area contributed by atoms with Gasteiger partial charge in [-0.25, -0.2) is 8.42 Å². The summed E-state index contributed by atoms with van der Waals surface area (Å²) in [6.45, 7) is 3.39. The molecule has 0 saturated carbocycles. The lowest BCUT2D eigenvalue weighted by Gasteiger charge is -2.11. The van der Waals surface area contributed by atoms with Crippen molar-refractivity contribution in [1.29, 1.82) is 0 Å². The molecule has 0 radical (unpaired) electrons. The Hall–Kier alpha value is -1.37. The Labute approximate surface area is 132 Å². The largest absolute Gasteiger partial charge is 0.309 e. The van der Waals surface area contributed by atoms with E-state index in [1.807, 2.05) is 25.1 Å². The molecule has 0 aromatic heterocycles. The zero-order valence-corrected chi connectivity index (χ0v) is 13.9. The van der Waals surface area contributed by atoms with Crippen molar-refractivity contribution in [3.05, 3.63) is 57.6 Å². The molecule has 4 nitrogen and oxygen atoms in total. The third-order valence-electron chi connectivity index (χ3n) is 3.55. The van der Waals surface area contributed by atoms with E-state index in [1.165, 1.54) is 0 Å². The van der Waals surface area contributed by atoms with Crippen LogP contribution in [0.3, 0.4) is 0 Å². The third kappa shape index (κ3) is 2.97. The van der Waals surface area contributed by atoms with E-state index in [2.05, 4.69) is 26.0 Å². The quantitative estimate of drug-likeness (QED) is 0.876. The van der Waals surface area contributed by atoms with E-state index in [4.69, 9.17) is 0 Å². The maximum Gasteiger partial charge on any atom is 0.261 e. The molecule has 6 heteroatoms. The van der Waals surface area contributed by atoms with Crippen LogP contribution in [0.1, 0.15) is 16.7 Å². The molecule has 110 valence electrons. The van der Waals surface area contributed by atoms with Gasteiger partial charge >= 0.3 is 0 Å². The summed E-state index contributed by atoms with van der Waals surface area (Å²) in [7, 11) is -3.56. The number of nitrogens with one attached hydrogen (secondary N) is 2. The summed E-state index contributed by atoms with van der Waals surface area (Å²) in [6, 6.07) is 10.7. The van der Waals surface area contributed by atoms with Crippen LogP contribution in [0.4, 0.5) is 5.69 Å². The number of halogens is 1. The van der Waals surface area contributed by atoms with Crippen LogP contribution in [0.2, 0.25) is 0 Å². The summed E-state index contributed by atoms with van der Waals surface area (Å²) in [6.07, 6.45) is 0. The first-order valence-corrected chi connectivity index (χ1v) is 8.85. The number of fused-ring (bicyclic) bond motifs is 1. The normalized spacial score (nSPS) is 14.0. The van der Waals surface area contributed by atoms with E-state index < -0.39 is 10.0 Å². The van der Waals surface area contributed by atoms with Crippen LogP contribution in [0.15, 0.2) is 45.8 Å². The second-order valence-electron chi connectivity index (χ2n) is 5.10. The molecule has 1 aliphatic rings. The Morgan fingerprint density at radius 1 is 1.10 bits per heavy atom. The molecule has 2 aromatic carbocycles. The van der Waals surface area contributed by atoms with Crippen molar-refractivity contribution in [2.24, 2.45) is 0 Å². The number of benzene rings is 2. The minimum absolute atomic E-state index is 0.298. The predicted octanol–water partition coefficient (Wildman–Crippen LogP) is 3.16. The van der Waals surface area contributed by atoms with Gasteiger partial charge in [0.15, 0.2) is 0 Å². The Kier molecular flexibility index (Phi) is 3.77. The monoisotopic (exact) mass is 366 g/mol. The average molecular weight is 367 g/mol. The second kappa shape index (κ2) is 5.44. The number of aryl methyl sites for hydroxylation is 1. The van der Waals surface area contributed by atoms with Gasteiger partial charge in [-0.05, 0) is 53.9 Å². The molecule has 0 spiro atoms. The van der Waals surface area contributed by atoms with Crippen molar-refractivity contribution in [3.8, 4) is 0 Å². The molecule has 0 amide bonds. The van der Waals surface area contributed by atoms with E-state index in [9.17, 15) is 8.42 Å². The first kappa shape index (κ1) is 14.6. The van der Waals surface area contributed by atoms with Gasteiger partial charge < -0.3 is 5.32 Å². The molecule has 0 unspecified atom stereocenters. The fraction of sp³-hybridized carbons (Fsp3) is 0.200. The highest BCUT2D eigenvalue weighted by molar-refractivity contribution is 9.10. The SMILES string of the molecule is Cc1cc(Br)ccc1NS(=O)(=O)c1ccc2c(c1)CNC2. The summed E-state index contributed by atoms with van der Waals surface area (Å²) in [4.78, 5) is 0.298. The predicted molar refractivity (Wildman–Crippen MR) is 86.7 cm³/mol. The van der Waals surface area contributed by atoms with E-state index in [1.54, 1.807) is 18.2 Å².